The lowest BCUT2D eigenvalue weighted by Crippen LogP contribution is -1.93. The molecule has 1 heterocycles. The van der Waals surface area contributed by atoms with E-state index >= 15 is 0 Å². The lowest BCUT2D eigenvalue weighted by atomic mass is 10.1. The van der Waals surface area contributed by atoms with Crippen LogP contribution >= 0.6 is 27.3 Å². The molecule has 0 saturated carbocycles. The maximum Gasteiger partial charge on any atom is 0.0443 e. The highest BCUT2D eigenvalue weighted by Gasteiger charge is 2.08. The van der Waals surface area contributed by atoms with Crippen molar-refractivity contribution in [2.24, 2.45) is 0 Å². The minimum Gasteiger partial charge on any atom is -0.149 e. The minimum absolute atomic E-state index is 0.427. The van der Waals surface area contributed by atoms with Gasteiger partial charge in [0, 0.05) is 9.70 Å². The van der Waals surface area contributed by atoms with E-state index in [0.29, 0.717) is 4.83 Å². The number of halogens is 1. The first-order chi connectivity index (χ1) is 7.25. The van der Waals surface area contributed by atoms with Gasteiger partial charge in [0.15, 0.2) is 0 Å². The molecule has 0 aliphatic carbocycles. The maximum atomic E-state index is 3.75. The second-order valence-corrected chi connectivity index (χ2v) is 5.80. The summed E-state index contributed by atoms with van der Waals surface area (Å²) < 4.78 is 0. The number of aryl methyl sites for hydroxylation is 1. The summed E-state index contributed by atoms with van der Waals surface area (Å²) >= 11 is 5.57. The smallest absolute Gasteiger partial charge is 0.0443 e. The van der Waals surface area contributed by atoms with Gasteiger partial charge in [-0.15, -0.1) is 11.3 Å². The Morgan fingerprint density at radius 2 is 2.13 bits per heavy atom. The molecule has 2 aromatic rings. The Kier molecular flexibility index (Phi) is 3.60. The van der Waals surface area contributed by atoms with Gasteiger partial charge in [-0.25, -0.2) is 0 Å². The Balaban J connectivity index is 2.11. The van der Waals surface area contributed by atoms with Crippen molar-refractivity contribution < 1.29 is 0 Å². The predicted molar refractivity (Wildman–Crippen MR) is 70.9 cm³/mol. The molecule has 78 valence electrons. The van der Waals surface area contributed by atoms with Crippen LogP contribution in [0.1, 0.15) is 20.8 Å². The van der Waals surface area contributed by atoms with Gasteiger partial charge in [0.25, 0.3) is 0 Å². The van der Waals surface area contributed by atoms with E-state index in [2.05, 4.69) is 64.6 Å². The zero-order valence-electron chi connectivity index (χ0n) is 8.61. The van der Waals surface area contributed by atoms with E-state index in [1.54, 1.807) is 0 Å². The Labute approximate surface area is 103 Å². The van der Waals surface area contributed by atoms with Crippen LogP contribution in [-0.2, 0) is 6.42 Å². The number of benzene rings is 1. The van der Waals surface area contributed by atoms with Crippen molar-refractivity contribution in [3.8, 4) is 0 Å². The summed E-state index contributed by atoms with van der Waals surface area (Å²) in [5, 5.41) is 2.13. The highest BCUT2D eigenvalue weighted by atomic mass is 79.9. The van der Waals surface area contributed by atoms with Gasteiger partial charge in [0.05, 0.1) is 0 Å². The molecule has 0 bridgehead atoms. The number of hydrogen-bond acceptors (Lipinski definition) is 1. The van der Waals surface area contributed by atoms with E-state index in [-0.39, 0.29) is 0 Å². The van der Waals surface area contributed by atoms with Crippen molar-refractivity contribution in [3.05, 3.63) is 57.8 Å². The summed E-state index contributed by atoms with van der Waals surface area (Å²) in [7, 11) is 0. The first kappa shape index (κ1) is 10.9. The third kappa shape index (κ3) is 2.93. The highest BCUT2D eigenvalue weighted by Crippen LogP contribution is 2.28. The Morgan fingerprint density at radius 3 is 2.80 bits per heavy atom. The molecule has 0 spiro atoms. The largest absolute Gasteiger partial charge is 0.149 e. The average Bonchev–Trinajstić information content (AvgIpc) is 2.70. The van der Waals surface area contributed by atoms with E-state index in [1.807, 2.05) is 11.3 Å². The predicted octanol–water partition coefficient (Wildman–Crippen LogP) is 4.74. The van der Waals surface area contributed by atoms with Crippen molar-refractivity contribution in [1.82, 2.24) is 0 Å². The quantitative estimate of drug-likeness (QED) is 0.713. The van der Waals surface area contributed by atoms with Gasteiger partial charge < -0.3 is 0 Å². The van der Waals surface area contributed by atoms with E-state index in [4.69, 9.17) is 0 Å². The molecule has 0 nitrogen and oxygen atoms in total. The van der Waals surface area contributed by atoms with Gasteiger partial charge in [0.1, 0.15) is 0 Å². The summed E-state index contributed by atoms with van der Waals surface area (Å²) in [5.74, 6) is 0. The van der Waals surface area contributed by atoms with Crippen LogP contribution in [0.15, 0.2) is 41.8 Å². The fraction of sp³-hybridized carbons (Fsp3) is 0.231. The first-order valence-corrected chi connectivity index (χ1v) is 6.78. The Hall–Kier alpha value is -0.600. The zero-order valence-corrected chi connectivity index (χ0v) is 11.0. The average molecular weight is 281 g/mol. The molecule has 1 atom stereocenters. The normalized spacial score (nSPS) is 12.7. The molecule has 1 aromatic heterocycles. The van der Waals surface area contributed by atoms with Crippen LogP contribution in [0.2, 0.25) is 0 Å². The molecule has 0 aliphatic heterocycles. The Bertz CT molecular complexity index is 420. The van der Waals surface area contributed by atoms with Gasteiger partial charge in [0.2, 0.25) is 0 Å². The summed E-state index contributed by atoms with van der Waals surface area (Å²) in [5.41, 5.74) is 2.69. The van der Waals surface area contributed by atoms with Crippen molar-refractivity contribution in [2.75, 3.05) is 0 Å². The molecule has 0 fully saturated rings. The van der Waals surface area contributed by atoms with Crippen LogP contribution in [-0.4, -0.2) is 0 Å². The first-order valence-electron chi connectivity index (χ1n) is 4.99. The van der Waals surface area contributed by atoms with Crippen molar-refractivity contribution in [1.29, 1.82) is 0 Å². The molecule has 0 aliphatic rings. The minimum atomic E-state index is 0.427. The second-order valence-electron chi connectivity index (χ2n) is 3.67. The van der Waals surface area contributed by atoms with Gasteiger partial charge in [-0.2, -0.15) is 0 Å². The zero-order chi connectivity index (χ0) is 10.7. The summed E-state index contributed by atoms with van der Waals surface area (Å²) in [6, 6.07) is 13.0. The van der Waals surface area contributed by atoms with Gasteiger partial charge in [-0.3, -0.25) is 0 Å². The van der Waals surface area contributed by atoms with Crippen LogP contribution in [0.4, 0.5) is 0 Å². The number of rotatable bonds is 3. The third-order valence-electron chi connectivity index (χ3n) is 2.36. The SMILES string of the molecule is Cc1cccc(C(Br)Cc2cccs2)c1. The fourth-order valence-electron chi connectivity index (χ4n) is 1.59. The highest BCUT2D eigenvalue weighted by molar-refractivity contribution is 9.09. The summed E-state index contributed by atoms with van der Waals surface area (Å²) in [6.45, 7) is 2.13. The molecule has 2 rings (SSSR count). The molecule has 0 N–H and O–H groups in total. The molecule has 2 heteroatoms. The molecular formula is C13H13BrS. The monoisotopic (exact) mass is 280 g/mol. The van der Waals surface area contributed by atoms with Crippen LogP contribution in [0.25, 0.3) is 0 Å². The number of alkyl halides is 1. The lowest BCUT2D eigenvalue weighted by molar-refractivity contribution is 0.966. The molecule has 1 aromatic carbocycles. The Morgan fingerprint density at radius 1 is 1.27 bits per heavy atom. The van der Waals surface area contributed by atoms with Crippen molar-refractivity contribution in [3.63, 3.8) is 0 Å². The van der Waals surface area contributed by atoms with E-state index in [1.165, 1.54) is 16.0 Å². The van der Waals surface area contributed by atoms with Gasteiger partial charge in [-0.1, -0.05) is 51.8 Å². The number of hydrogen-bond donors (Lipinski definition) is 0. The third-order valence-corrected chi connectivity index (χ3v) is 4.12. The van der Waals surface area contributed by atoms with Crippen molar-refractivity contribution in [2.45, 2.75) is 18.2 Å². The van der Waals surface area contributed by atoms with Crippen LogP contribution in [0, 0.1) is 6.92 Å². The van der Waals surface area contributed by atoms with Crippen LogP contribution in [0.5, 0.6) is 0 Å². The second kappa shape index (κ2) is 4.95. The van der Waals surface area contributed by atoms with E-state index in [0.717, 1.165) is 6.42 Å². The van der Waals surface area contributed by atoms with Gasteiger partial charge >= 0.3 is 0 Å². The summed E-state index contributed by atoms with van der Waals surface area (Å²) in [4.78, 5) is 1.86. The molecule has 15 heavy (non-hydrogen) atoms. The van der Waals surface area contributed by atoms with Crippen molar-refractivity contribution >= 4 is 27.3 Å². The maximum absolute atomic E-state index is 3.75. The van der Waals surface area contributed by atoms with Crippen LogP contribution in [0.3, 0.4) is 0 Å². The molecule has 1 unspecified atom stereocenters. The van der Waals surface area contributed by atoms with Gasteiger partial charge in [-0.05, 0) is 30.4 Å². The molecular weight excluding hydrogens is 268 g/mol. The van der Waals surface area contributed by atoms with E-state index in [9.17, 15) is 0 Å². The van der Waals surface area contributed by atoms with E-state index < -0.39 is 0 Å². The molecule has 0 saturated heterocycles. The molecule has 0 radical (unpaired) electrons. The topological polar surface area (TPSA) is 0 Å². The lowest BCUT2D eigenvalue weighted by Gasteiger charge is -2.09. The van der Waals surface area contributed by atoms with Crippen LogP contribution < -0.4 is 0 Å². The number of thiophene rings is 1. The fourth-order valence-corrected chi connectivity index (χ4v) is 3.19. The molecule has 0 amide bonds. The standard InChI is InChI=1S/C13H13BrS/c1-10-4-2-5-11(8-10)13(14)9-12-6-3-7-15-12/h2-8,13H,9H2,1H3. The summed E-state index contributed by atoms with van der Waals surface area (Å²) in [6.07, 6.45) is 1.07.